The molecule has 1 saturated carbocycles. The number of rotatable bonds is 8. The van der Waals surface area contributed by atoms with Crippen LogP contribution in [0.3, 0.4) is 0 Å². The Balaban J connectivity index is 1.89. The maximum absolute atomic E-state index is 13.2. The van der Waals surface area contributed by atoms with Gasteiger partial charge in [0.05, 0.1) is 24.2 Å². The number of benzene rings is 1. The number of sulfone groups is 1. The maximum atomic E-state index is 13.2. The van der Waals surface area contributed by atoms with E-state index >= 15 is 0 Å². The van der Waals surface area contributed by atoms with Gasteiger partial charge < -0.3 is 14.8 Å². The van der Waals surface area contributed by atoms with E-state index in [1.807, 2.05) is 49.6 Å². The minimum atomic E-state index is -3.58. The van der Waals surface area contributed by atoms with Gasteiger partial charge in [-0.2, -0.15) is 0 Å². The number of thiocarbonyl (C=S) groups is 1. The molecule has 3 rings (SSSR count). The second-order valence-corrected chi connectivity index (χ2v) is 11.0. The molecule has 0 aliphatic heterocycles. The highest BCUT2D eigenvalue weighted by Crippen LogP contribution is 2.30. The molecule has 0 spiro atoms. The third-order valence-corrected chi connectivity index (χ3v) is 7.03. The summed E-state index contributed by atoms with van der Waals surface area (Å²) < 4.78 is 28.2. The van der Waals surface area contributed by atoms with Crippen LogP contribution in [0.1, 0.15) is 63.4 Å². The molecule has 0 radical (unpaired) electrons. The van der Waals surface area contributed by atoms with Gasteiger partial charge in [0, 0.05) is 18.1 Å². The van der Waals surface area contributed by atoms with Crippen molar-refractivity contribution in [2.75, 3.05) is 0 Å². The summed E-state index contributed by atoms with van der Waals surface area (Å²) in [5.74, 6) is -0.0594. The van der Waals surface area contributed by atoms with E-state index in [0.29, 0.717) is 17.7 Å². The topological polar surface area (TPSA) is 67.2 Å². The SMILES string of the molecule is Cc1ccc(CS(=O)(=O)c2ncc(CN(C(=S)NC(C)C)C3CC3)n2C(C)C)cc1. The average Bonchev–Trinajstić information content (AvgIpc) is 3.38. The van der Waals surface area contributed by atoms with Crippen LogP contribution in [-0.2, 0) is 22.1 Å². The van der Waals surface area contributed by atoms with E-state index in [0.717, 1.165) is 29.7 Å². The van der Waals surface area contributed by atoms with Crippen molar-refractivity contribution < 1.29 is 8.42 Å². The Bertz CT molecular complexity index is 991. The zero-order valence-electron chi connectivity index (χ0n) is 18.4. The summed E-state index contributed by atoms with van der Waals surface area (Å²) in [6.07, 6.45) is 3.90. The van der Waals surface area contributed by atoms with Crippen molar-refractivity contribution in [1.29, 1.82) is 0 Å². The van der Waals surface area contributed by atoms with Crippen molar-refractivity contribution >= 4 is 27.2 Å². The molecule has 30 heavy (non-hydrogen) atoms. The maximum Gasteiger partial charge on any atom is 0.228 e. The molecule has 1 aromatic heterocycles. The fraction of sp³-hybridized carbons (Fsp3) is 0.545. The summed E-state index contributed by atoms with van der Waals surface area (Å²) >= 11 is 5.62. The second kappa shape index (κ2) is 9.06. The summed E-state index contributed by atoms with van der Waals surface area (Å²) in [4.78, 5) is 6.53. The highest BCUT2D eigenvalue weighted by Gasteiger charge is 2.33. The van der Waals surface area contributed by atoms with Crippen molar-refractivity contribution in [3.63, 3.8) is 0 Å². The van der Waals surface area contributed by atoms with E-state index in [-0.39, 0.29) is 23.0 Å². The Morgan fingerprint density at radius 2 is 1.87 bits per heavy atom. The van der Waals surface area contributed by atoms with E-state index in [4.69, 9.17) is 12.2 Å². The Morgan fingerprint density at radius 3 is 2.40 bits per heavy atom. The van der Waals surface area contributed by atoms with Gasteiger partial charge in [-0.15, -0.1) is 0 Å². The lowest BCUT2D eigenvalue weighted by atomic mass is 10.2. The summed E-state index contributed by atoms with van der Waals surface area (Å²) in [5, 5.41) is 4.16. The molecule has 1 fully saturated rings. The summed E-state index contributed by atoms with van der Waals surface area (Å²) in [7, 11) is -3.58. The van der Waals surface area contributed by atoms with E-state index in [9.17, 15) is 8.42 Å². The zero-order chi connectivity index (χ0) is 22.1. The first-order chi connectivity index (χ1) is 14.1. The third kappa shape index (κ3) is 5.40. The average molecular weight is 449 g/mol. The quantitative estimate of drug-likeness (QED) is 0.616. The largest absolute Gasteiger partial charge is 0.360 e. The lowest BCUT2D eigenvalue weighted by molar-refractivity contribution is 0.369. The number of hydrogen-bond acceptors (Lipinski definition) is 4. The summed E-state index contributed by atoms with van der Waals surface area (Å²) in [5.41, 5.74) is 2.74. The van der Waals surface area contributed by atoms with Gasteiger partial charge in [-0.25, -0.2) is 13.4 Å². The van der Waals surface area contributed by atoms with Crippen LogP contribution < -0.4 is 5.32 Å². The smallest absolute Gasteiger partial charge is 0.228 e. The minimum absolute atomic E-state index is 0.0297. The van der Waals surface area contributed by atoms with Crippen LogP contribution in [0.15, 0.2) is 35.6 Å². The molecule has 6 nitrogen and oxygen atoms in total. The lowest BCUT2D eigenvalue weighted by Crippen LogP contribution is -2.43. The molecule has 0 amide bonds. The van der Waals surface area contributed by atoms with Crippen LogP contribution in [0.4, 0.5) is 0 Å². The van der Waals surface area contributed by atoms with Crippen LogP contribution in [0, 0.1) is 6.92 Å². The molecule has 1 aromatic carbocycles. The Kier molecular flexibility index (Phi) is 6.87. The predicted octanol–water partition coefficient (Wildman–Crippen LogP) is 3.99. The standard InChI is InChI=1S/C22H32N4O2S2/c1-15(2)24-21(29)25(19-10-11-19)13-20-12-23-22(26(20)16(3)4)30(27,28)14-18-8-6-17(5)7-9-18/h6-9,12,15-16,19H,10-11,13-14H2,1-5H3,(H,24,29). The Labute approximate surface area is 185 Å². The molecule has 0 unspecified atom stereocenters. The van der Waals surface area contributed by atoms with Crippen molar-refractivity contribution in [1.82, 2.24) is 19.8 Å². The Morgan fingerprint density at radius 1 is 1.23 bits per heavy atom. The van der Waals surface area contributed by atoms with Crippen molar-refractivity contribution in [2.24, 2.45) is 0 Å². The van der Waals surface area contributed by atoms with E-state index in [1.165, 1.54) is 0 Å². The van der Waals surface area contributed by atoms with Gasteiger partial charge in [0.15, 0.2) is 5.11 Å². The second-order valence-electron chi connectivity index (χ2n) is 8.70. The van der Waals surface area contributed by atoms with E-state index in [2.05, 4.69) is 29.0 Å². The van der Waals surface area contributed by atoms with Gasteiger partial charge in [-0.1, -0.05) is 29.8 Å². The minimum Gasteiger partial charge on any atom is -0.360 e. The third-order valence-electron chi connectivity index (χ3n) is 5.10. The molecule has 164 valence electrons. The molecule has 0 atom stereocenters. The molecule has 1 aliphatic carbocycles. The number of imidazole rings is 1. The first kappa shape index (κ1) is 22.7. The number of nitrogens with zero attached hydrogens (tertiary/aromatic N) is 3. The first-order valence-corrected chi connectivity index (χ1v) is 12.6. The number of aromatic nitrogens is 2. The van der Waals surface area contributed by atoms with Gasteiger partial charge in [0.1, 0.15) is 0 Å². The van der Waals surface area contributed by atoms with Gasteiger partial charge in [0.25, 0.3) is 0 Å². The van der Waals surface area contributed by atoms with Crippen LogP contribution >= 0.6 is 12.2 Å². The highest BCUT2D eigenvalue weighted by molar-refractivity contribution is 7.90. The predicted molar refractivity (Wildman–Crippen MR) is 124 cm³/mol. The summed E-state index contributed by atoms with van der Waals surface area (Å²) in [6.45, 7) is 10.6. The summed E-state index contributed by atoms with van der Waals surface area (Å²) in [6, 6.07) is 8.22. The zero-order valence-corrected chi connectivity index (χ0v) is 20.1. The number of hydrogen-bond donors (Lipinski definition) is 1. The lowest BCUT2D eigenvalue weighted by Gasteiger charge is -2.28. The Hall–Kier alpha value is -1.93. The highest BCUT2D eigenvalue weighted by atomic mass is 32.2. The van der Waals surface area contributed by atoms with Crippen molar-refractivity contribution in [3.05, 3.63) is 47.3 Å². The van der Waals surface area contributed by atoms with E-state index in [1.54, 1.807) is 6.20 Å². The van der Waals surface area contributed by atoms with Gasteiger partial charge >= 0.3 is 0 Å². The van der Waals surface area contributed by atoms with Crippen LogP contribution in [0.2, 0.25) is 0 Å². The number of aryl methyl sites for hydroxylation is 1. The normalized spacial score (nSPS) is 14.4. The fourth-order valence-corrected chi connectivity index (χ4v) is 5.55. The molecule has 0 saturated heterocycles. The fourth-order valence-electron chi connectivity index (χ4n) is 3.50. The van der Waals surface area contributed by atoms with Crippen LogP contribution in [0.25, 0.3) is 0 Å². The van der Waals surface area contributed by atoms with Gasteiger partial charge in [-0.05, 0) is 65.2 Å². The van der Waals surface area contributed by atoms with Crippen molar-refractivity contribution in [2.45, 2.75) is 83.0 Å². The molecule has 8 heteroatoms. The first-order valence-electron chi connectivity index (χ1n) is 10.5. The molecule has 1 heterocycles. The van der Waals surface area contributed by atoms with Gasteiger partial charge in [0.2, 0.25) is 15.0 Å². The number of nitrogens with one attached hydrogen (secondary N) is 1. The molecule has 0 bridgehead atoms. The van der Waals surface area contributed by atoms with E-state index < -0.39 is 9.84 Å². The molecular formula is C22H32N4O2S2. The molecule has 1 N–H and O–H groups in total. The van der Waals surface area contributed by atoms with Crippen LogP contribution in [-0.4, -0.2) is 40.1 Å². The molecular weight excluding hydrogens is 416 g/mol. The monoisotopic (exact) mass is 448 g/mol. The van der Waals surface area contributed by atoms with Crippen molar-refractivity contribution in [3.8, 4) is 0 Å². The van der Waals surface area contributed by atoms with Crippen LogP contribution in [0.5, 0.6) is 0 Å². The molecule has 1 aliphatic rings. The van der Waals surface area contributed by atoms with Gasteiger partial charge in [-0.3, -0.25) is 0 Å². The molecule has 2 aromatic rings.